The maximum Gasteiger partial charge on any atom is 0.0943 e. The van der Waals surface area contributed by atoms with Gasteiger partial charge in [-0.3, -0.25) is 0 Å². The summed E-state index contributed by atoms with van der Waals surface area (Å²) in [6, 6.07) is 0. The molecule has 0 aromatic carbocycles. The molecule has 0 aliphatic carbocycles. The summed E-state index contributed by atoms with van der Waals surface area (Å²) in [5.74, 6) is 0.316. The Balaban J connectivity index is 1.99. The summed E-state index contributed by atoms with van der Waals surface area (Å²) in [6.45, 7) is 1.52. The largest absolute Gasteiger partial charge is 0.387 e. The molecule has 1 saturated heterocycles. The molecule has 0 bridgehead atoms. The van der Waals surface area contributed by atoms with Crippen molar-refractivity contribution in [3.8, 4) is 0 Å². The lowest BCUT2D eigenvalue weighted by Gasteiger charge is -2.25. The average molecular weight is 200 g/mol. The van der Waals surface area contributed by atoms with Gasteiger partial charge in [0.15, 0.2) is 0 Å². The predicted molar refractivity (Wildman–Crippen MR) is 48.4 cm³/mol. The van der Waals surface area contributed by atoms with Crippen LogP contribution in [-0.4, -0.2) is 27.9 Å². The normalized spacial score (nSPS) is 21.6. The summed E-state index contributed by atoms with van der Waals surface area (Å²) < 4.78 is 8.97. The van der Waals surface area contributed by atoms with Gasteiger partial charge in [0.1, 0.15) is 0 Å². The fourth-order valence-corrected chi connectivity index (χ4v) is 2.15. The molecule has 0 radical (unpaired) electrons. The van der Waals surface area contributed by atoms with Gasteiger partial charge in [0.2, 0.25) is 0 Å². The van der Waals surface area contributed by atoms with Crippen LogP contribution in [0.2, 0.25) is 0 Å². The second kappa shape index (κ2) is 4.13. The first-order chi connectivity index (χ1) is 6.38. The molecule has 2 rings (SSSR count). The summed E-state index contributed by atoms with van der Waals surface area (Å²) in [7, 11) is 0. The highest BCUT2D eigenvalue weighted by Crippen LogP contribution is 2.30. The molecule has 0 saturated carbocycles. The third kappa shape index (κ3) is 2.04. The molecule has 1 atom stereocenters. The van der Waals surface area contributed by atoms with Gasteiger partial charge in [-0.1, -0.05) is 4.49 Å². The molecule has 1 aliphatic rings. The molecule has 1 aromatic rings. The van der Waals surface area contributed by atoms with Crippen LogP contribution >= 0.6 is 11.5 Å². The molecule has 2 heterocycles. The summed E-state index contributed by atoms with van der Waals surface area (Å²) in [5, 5.41) is 13.6. The Hall–Kier alpha value is -0.520. The number of hydrogen-bond donors (Lipinski definition) is 1. The zero-order chi connectivity index (χ0) is 9.10. The van der Waals surface area contributed by atoms with Gasteiger partial charge in [-0.2, -0.15) is 0 Å². The van der Waals surface area contributed by atoms with Crippen molar-refractivity contribution < 1.29 is 9.84 Å². The van der Waals surface area contributed by atoms with E-state index in [0.29, 0.717) is 5.92 Å². The number of ether oxygens (including phenoxy) is 1. The van der Waals surface area contributed by atoms with Gasteiger partial charge >= 0.3 is 0 Å². The summed E-state index contributed by atoms with van der Waals surface area (Å²) >= 11 is 1.27. The molecule has 1 aliphatic heterocycles. The van der Waals surface area contributed by atoms with Crippen molar-refractivity contribution in [1.29, 1.82) is 0 Å². The lowest BCUT2D eigenvalue weighted by Crippen LogP contribution is -2.21. The molecule has 1 aromatic heterocycles. The van der Waals surface area contributed by atoms with E-state index in [4.69, 9.17) is 4.74 Å². The Morgan fingerprint density at radius 2 is 2.31 bits per heavy atom. The number of nitrogens with zero attached hydrogens (tertiary/aromatic N) is 2. The minimum absolute atomic E-state index is 0.316. The maximum atomic E-state index is 9.91. The Labute approximate surface area is 80.7 Å². The fraction of sp³-hybridized carbons (Fsp3) is 0.750. The number of rotatable bonds is 2. The first-order valence-corrected chi connectivity index (χ1v) is 5.18. The molecule has 72 valence electrons. The van der Waals surface area contributed by atoms with Crippen molar-refractivity contribution in [2.75, 3.05) is 13.2 Å². The van der Waals surface area contributed by atoms with E-state index in [9.17, 15) is 5.11 Å². The van der Waals surface area contributed by atoms with Crippen LogP contribution < -0.4 is 0 Å². The SMILES string of the molecule is OC(c1cnns1)C1CCOCC1. The smallest absolute Gasteiger partial charge is 0.0943 e. The lowest BCUT2D eigenvalue weighted by molar-refractivity contribution is 0.00846. The Morgan fingerprint density at radius 3 is 2.92 bits per heavy atom. The van der Waals surface area contributed by atoms with Crippen LogP contribution in [0.1, 0.15) is 23.8 Å². The van der Waals surface area contributed by atoms with Gasteiger partial charge in [-0.25, -0.2) is 0 Å². The van der Waals surface area contributed by atoms with Crippen molar-refractivity contribution in [2.45, 2.75) is 18.9 Å². The monoisotopic (exact) mass is 200 g/mol. The van der Waals surface area contributed by atoms with E-state index in [1.165, 1.54) is 11.5 Å². The highest BCUT2D eigenvalue weighted by atomic mass is 32.1. The molecule has 1 fully saturated rings. The average Bonchev–Trinajstić information content (AvgIpc) is 2.71. The first-order valence-electron chi connectivity index (χ1n) is 4.41. The standard InChI is InChI=1S/C8H12N2O2S/c11-8(7-5-9-10-13-7)6-1-3-12-4-2-6/h5-6,8,11H,1-4H2. The topological polar surface area (TPSA) is 55.2 Å². The molecule has 0 spiro atoms. The van der Waals surface area contributed by atoms with E-state index in [2.05, 4.69) is 9.59 Å². The van der Waals surface area contributed by atoms with Gasteiger partial charge in [-0.05, 0) is 30.3 Å². The minimum Gasteiger partial charge on any atom is -0.387 e. The molecule has 1 unspecified atom stereocenters. The van der Waals surface area contributed by atoms with Gasteiger partial charge in [0, 0.05) is 13.2 Å². The van der Waals surface area contributed by atoms with E-state index in [-0.39, 0.29) is 0 Å². The zero-order valence-electron chi connectivity index (χ0n) is 7.22. The Morgan fingerprint density at radius 1 is 1.54 bits per heavy atom. The van der Waals surface area contributed by atoms with E-state index >= 15 is 0 Å². The quantitative estimate of drug-likeness (QED) is 0.773. The maximum absolute atomic E-state index is 9.91. The molecule has 1 N–H and O–H groups in total. The van der Waals surface area contributed by atoms with Gasteiger partial charge in [0.25, 0.3) is 0 Å². The minimum atomic E-state index is -0.399. The molecule has 4 nitrogen and oxygen atoms in total. The Kier molecular flexibility index (Phi) is 2.87. The molecular formula is C8H12N2O2S. The van der Waals surface area contributed by atoms with E-state index in [0.717, 1.165) is 30.9 Å². The predicted octanol–water partition coefficient (Wildman–Crippen LogP) is 0.998. The summed E-state index contributed by atoms with van der Waals surface area (Å²) in [4.78, 5) is 0.868. The Bertz CT molecular complexity index is 247. The number of aliphatic hydroxyl groups excluding tert-OH is 1. The molecule has 13 heavy (non-hydrogen) atoms. The van der Waals surface area contributed by atoms with E-state index in [1.807, 2.05) is 0 Å². The third-order valence-corrected chi connectivity index (χ3v) is 3.12. The van der Waals surface area contributed by atoms with Crippen molar-refractivity contribution in [3.63, 3.8) is 0 Å². The van der Waals surface area contributed by atoms with Gasteiger partial charge in [0.05, 0.1) is 17.2 Å². The summed E-state index contributed by atoms with van der Waals surface area (Å²) in [6.07, 6.45) is 3.10. The number of aliphatic hydroxyl groups is 1. The van der Waals surface area contributed by atoms with Crippen molar-refractivity contribution in [1.82, 2.24) is 9.59 Å². The van der Waals surface area contributed by atoms with Crippen LogP contribution in [-0.2, 0) is 4.74 Å². The molecule has 5 heteroatoms. The second-order valence-electron chi connectivity index (χ2n) is 3.21. The summed E-state index contributed by atoms with van der Waals surface area (Å²) in [5.41, 5.74) is 0. The first kappa shape index (κ1) is 9.05. The van der Waals surface area contributed by atoms with Crippen LogP contribution in [0, 0.1) is 5.92 Å². The second-order valence-corrected chi connectivity index (χ2v) is 4.03. The van der Waals surface area contributed by atoms with Gasteiger partial charge < -0.3 is 9.84 Å². The fourth-order valence-electron chi connectivity index (χ4n) is 1.57. The number of hydrogen-bond acceptors (Lipinski definition) is 5. The van der Waals surface area contributed by atoms with Crippen LogP contribution in [0.5, 0.6) is 0 Å². The van der Waals surface area contributed by atoms with Crippen molar-refractivity contribution in [2.24, 2.45) is 5.92 Å². The van der Waals surface area contributed by atoms with Crippen molar-refractivity contribution in [3.05, 3.63) is 11.1 Å². The highest BCUT2D eigenvalue weighted by Gasteiger charge is 2.24. The van der Waals surface area contributed by atoms with Crippen LogP contribution in [0.15, 0.2) is 6.20 Å². The zero-order valence-corrected chi connectivity index (χ0v) is 8.04. The van der Waals surface area contributed by atoms with Crippen LogP contribution in [0.4, 0.5) is 0 Å². The molecular weight excluding hydrogens is 188 g/mol. The van der Waals surface area contributed by atoms with Crippen LogP contribution in [0.3, 0.4) is 0 Å². The highest BCUT2D eigenvalue weighted by molar-refractivity contribution is 7.05. The van der Waals surface area contributed by atoms with Gasteiger partial charge in [-0.15, -0.1) is 5.10 Å². The molecule has 0 amide bonds. The number of aromatic nitrogens is 2. The van der Waals surface area contributed by atoms with Crippen molar-refractivity contribution >= 4 is 11.5 Å². The van der Waals surface area contributed by atoms with Crippen LogP contribution in [0.25, 0.3) is 0 Å². The van der Waals surface area contributed by atoms with E-state index in [1.54, 1.807) is 6.20 Å². The third-order valence-electron chi connectivity index (χ3n) is 2.38. The lowest BCUT2D eigenvalue weighted by atomic mass is 9.93. The van der Waals surface area contributed by atoms with E-state index < -0.39 is 6.10 Å².